The van der Waals surface area contributed by atoms with Gasteiger partial charge in [-0.1, -0.05) is 0 Å². The summed E-state index contributed by atoms with van der Waals surface area (Å²) in [4.78, 5) is 10.9. The van der Waals surface area contributed by atoms with Crippen LogP contribution in [-0.4, -0.2) is 57.7 Å². The van der Waals surface area contributed by atoms with Crippen LogP contribution in [0.15, 0.2) is 0 Å². The van der Waals surface area contributed by atoms with E-state index in [1.807, 2.05) is 7.05 Å². The van der Waals surface area contributed by atoms with Crippen molar-refractivity contribution in [1.82, 2.24) is 9.62 Å². The van der Waals surface area contributed by atoms with Crippen LogP contribution < -0.4 is 5.32 Å². The maximum absolute atomic E-state index is 12.1. The Morgan fingerprint density at radius 2 is 2.22 bits per heavy atom. The van der Waals surface area contributed by atoms with E-state index in [0.29, 0.717) is 19.5 Å². The maximum atomic E-state index is 12.1. The summed E-state index contributed by atoms with van der Waals surface area (Å²) in [6.07, 6.45) is 2.35. The number of piperidine rings is 1. The van der Waals surface area contributed by atoms with Gasteiger partial charge in [0, 0.05) is 25.6 Å². The Morgan fingerprint density at radius 3 is 2.83 bits per heavy atom. The molecule has 0 amide bonds. The summed E-state index contributed by atoms with van der Waals surface area (Å²) < 4.78 is 30.1. The summed E-state index contributed by atoms with van der Waals surface area (Å²) in [5.41, 5.74) is 0. The molecule has 18 heavy (non-hydrogen) atoms. The van der Waals surface area contributed by atoms with Crippen LogP contribution in [-0.2, 0) is 19.6 Å². The van der Waals surface area contributed by atoms with Gasteiger partial charge in [0.05, 0.1) is 12.9 Å². The zero-order valence-corrected chi connectivity index (χ0v) is 11.8. The molecule has 0 saturated carbocycles. The number of carbonyl (C=O) groups is 1. The predicted octanol–water partition coefficient (Wildman–Crippen LogP) is -0.0468. The Kier molecular flexibility index (Phi) is 6.04. The van der Waals surface area contributed by atoms with Crippen molar-refractivity contribution >= 4 is 16.0 Å². The largest absolute Gasteiger partial charge is 0.469 e. The van der Waals surface area contributed by atoms with Gasteiger partial charge >= 0.3 is 5.97 Å². The molecule has 1 heterocycles. The second kappa shape index (κ2) is 7.06. The fourth-order valence-corrected chi connectivity index (χ4v) is 3.64. The summed E-state index contributed by atoms with van der Waals surface area (Å²) in [6.45, 7) is 1.11. The minimum Gasteiger partial charge on any atom is -0.469 e. The first-order valence-corrected chi connectivity index (χ1v) is 7.82. The van der Waals surface area contributed by atoms with Crippen LogP contribution in [0.3, 0.4) is 0 Å². The van der Waals surface area contributed by atoms with E-state index in [2.05, 4.69) is 10.1 Å². The smallest absolute Gasteiger partial charge is 0.305 e. The molecule has 1 aliphatic heterocycles. The molecule has 7 heteroatoms. The van der Waals surface area contributed by atoms with Gasteiger partial charge in [0.15, 0.2) is 0 Å². The monoisotopic (exact) mass is 278 g/mol. The summed E-state index contributed by atoms with van der Waals surface area (Å²) >= 11 is 0. The summed E-state index contributed by atoms with van der Waals surface area (Å²) in [5.74, 6) is -0.352. The molecule has 0 aromatic heterocycles. The van der Waals surface area contributed by atoms with Crippen molar-refractivity contribution in [2.45, 2.75) is 31.7 Å². The summed E-state index contributed by atoms with van der Waals surface area (Å²) in [7, 11) is -0.0949. The lowest BCUT2D eigenvalue weighted by Crippen LogP contribution is -2.47. The highest BCUT2D eigenvalue weighted by atomic mass is 32.2. The molecule has 1 atom stereocenters. The Balaban J connectivity index is 2.45. The van der Waals surface area contributed by atoms with Crippen LogP contribution in [0.5, 0.6) is 0 Å². The van der Waals surface area contributed by atoms with Gasteiger partial charge in [-0.15, -0.1) is 0 Å². The third kappa shape index (κ3) is 4.55. The van der Waals surface area contributed by atoms with Gasteiger partial charge in [-0.3, -0.25) is 4.79 Å². The zero-order valence-electron chi connectivity index (χ0n) is 11.0. The van der Waals surface area contributed by atoms with Gasteiger partial charge in [-0.25, -0.2) is 12.7 Å². The maximum Gasteiger partial charge on any atom is 0.305 e. The molecule has 0 aromatic carbocycles. The van der Waals surface area contributed by atoms with Gasteiger partial charge in [-0.05, 0) is 26.3 Å². The van der Waals surface area contributed by atoms with Gasteiger partial charge in [0.2, 0.25) is 10.0 Å². The normalized spacial score (nSPS) is 21.8. The Labute approximate surface area is 109 Å². The number of nitrogens with one attached hydrogen (secondary N) is 1. The Bertz CT molecular complexity index is 369. The molecule has 1 saturated heterocycles. The lowest BCUT2D eigenvalue weighted by molar-refractivity contribution is -0.140. The second-order valence-electron chi connectivity index (χ2n) is 4.48. The van der Waals surface area contributed by atoms with Crippen LogP contribution in [0.2, 0.25) is 0 Å². The van der Waals surface area contributed by atoms with Crippen molar-refractivity contribution in [2.24, 2.45) is 0 Å². The highest BCUT2D eigenvalue weighted by Crippen LogP contribution is 2.15. The first-order valence-electron chi connectivity index (χ1n) is 6.21. The molecule has 1 aliphatic rings. The number of methoxy groups -OCH3 is 1. The topological polar surface area (TPSA) is 75.7 Å². The van der Waals surface area contributed by atoms with Crippen molar-refractivity contribution in [3.8, 4) is 0 Å². The molecule has 6 nitrogen and oxygen atoms in total. The number of hydrogen-bond acceptors (Lipinski definition) is 5. The first-order chi connectivity index (χ1) is 8.49. The lowest BCUT2D eigenvalue weighted by Gasteiger charge is -2.31. The van der Waals surface area contributed by atoms with Gasteiger partial charge < -0.3 is 10.1 Å². The van der Waals surface area contributed by atoms with E-state index in [1.165, 1.54) is 11.4 Å². The number of esters is 1. The predicted molar refractivity (Wildman–Crippen MR) is 68.7 cm³/mol. The van der Waals surface area contributed by atoms with Crippen LogP contribution >= 0.6 is 0 Å². The molecule has 1 N–H and O–H groups in total. The molecule has 1 rings (SSSR count). The fourth-order valence-electron chi connectivity index (χ4n) is 2.06. The molecule has 1 unspecified atom stereocenters. The quantitative estimate of drug-likeness (QED) is 0.690. The van der Waals surface area contributed by atoms with Gasteiger partial charge in [-0.2, -0.15) is 0 Å². The van der Waals surface area contributed by atoms with Gasteiger partial charge in [0.1, 0.15) is 0 Å². The number of hydrogen-bond donors (Lipinski definition) is 1. The van der Waals surface area contributed by atoms with Gasteiger partial charge in [0.25, 0.3) is 0 Å². The van der Waals surface area contributed by atoms with Crippen molar-refractivity contribution in [2.75, 3.05) is 33.0 Å². The lowest BCUT2D eigenvalue weighted by atomic mass is 10.1. The highest BCUT2D eigenvalue weighted by molar-refractivity contribution is 7.89. The average Bonchev–Trinajstić information content (AvgIpc) is 2.38. The second-order valence-corrected chi connectivity index (χ2v) is 6.57. The number of rotatable bonds is 6. The number of likely N-dealkylation sites (N-methyl/N-ethyl adjacent to an activating group) is 1. The third-order valence-electron chi connectivity index (χ3n) is 3.20. The van der Waals surface area contributed by atoms with E-state index >= 15 is 0 Å². The summed E-state index contributed by atoms with van der Waals surface area (Å²) in [6, 6.07) is 0.231. The molecule has 106 valence electrons. The molecule has 0 radical (unpaired) electrons. The number of carbonyl (C=O) groups excluding carboxylic acids is 1. The van der Waals surface area contributed by atoms with Crippen LogP contribution in [0.4, 0.5) is 0 Å². The zero-order chi connectivity index (χ0) is 13.6. The number of nitrogens with zero attached hydrogens (tertiary/aromatic N) is 1. The van der Waals surface area contributed by atoms with Crippen LogP contribution in [0.25, 0.3) is 0 Å². The molecule has 0 aliphatic carbocycles. The molecule has 0 aromatic rings. The third-order valence-corrected chi connectivity index (χ3v) is 5.12. The number of ether oxygens (including phenoxy) is 1. The Morgan fingerprint density at radius 1 is 1.50 bits per heavy atom. The van der Waals surface area contributed by atoms with E-state index in [-0.39, 0.29) is 24.2 Å². The van der Waals surface area contributed by atoms with E-state index in [9.17, 15) is 13.2 Å². The van der Waals surface area contributed by atoms with Crippen molar-refractivity contribution in [3.05, 3.63) is 0 Å². The van der Waals surface area contributed by atoms with E-state index in [1.54, 1.807) is 0 Å². The average molecular weight is 278 g/mol. The fraction of sp³-hybridized carbons (Fsp3) is 0.909. The van der Waals surface area contributed by atoms with Crippen molar-refractivity contribution in [1.29, 1.82) is 0 Å². The molecular formula is C11H22N2O4S. The molecule has 1 fully saturated rings. The van der Waals surface area contributed by atoms with E-state index in [4.69, 9.17) is 0 Å². The molecule has 0 bridgehead atoms. The van der Waals surface area contributed by atoms with Crippen LogP contribution in [0, 0.1) is 0 Å². The summed E-state index contributed by atoms with van der Waals surface area (Å²) in [5, 5.41) is 3.11. The highest BCUT2D eigenvalue weighted by Gasteiger charge is 2.27. The van der Waals surface area contributed by atoms with E-state index < -0.39 is 10.0 Å². The molecular weight excluding hydrogens is 256 g/mol. The first kappa shape index (κ1) is 15.4. The number of sulfonamides is 1. The SMILES string of the molecule is CNC1CCCN(S(=O)(=O)CCCC(=O)OC)C1. The Hall–Kier alpha value is -0.660. The molecule has 0 spiro atoms. The van der Waals surface area contributed by atoms with Crippen LogP contribution in [0.1, 0.15) is 25.7 Å². The standard InChI is InChI=1S/C11H22N2O4S/c1-12-10-5-3-7-13(9-10)18(15,16)8-4-6-11(14)17-2/h10,12H,3-9H2,1-2H3. The van der Waals surface area contributed by atoms with Crippen molar-refractivity contribution < 1.29 is 17.9 Å². The van der Waals surface area contributed by atoms with Crippen molar-refractivity contribution in [3.63, 3.8) is 0 Å². The van der Waals surface area contributed by atoms with E-state index in [0.717, 1.165) is 12.8 Å². The minimum atomic E-state index is -3.24. The minimum absolute atomic E-state index is 0.0124.